The molecule has 31 heavy (non-hydrogen) atoms. The Bertz CT molecular complexity index is 1020. The number of carbonyl (C=O) groups is 1. The molecule has 1 heterocycles. The van der Waals surface area contributed by atoms with E-state index in [9.17, 15) is 9.90 Å². The van der Waals surface area contributed by atoms with Gasteiger partial charge in [0, 0.05) is 12.1 Å². The Kier molecular flexibility index (Phi) is 6.53. The first-order valence-electron chi connectivity index (χ1n) is 10.6. The van der Waals surface area contributed by atoms with Crippen molar-refractivity contribution in [1.29, 1.82) is 0 Å². The molecule has 3 aromatic rings. The van der Waals surface area contributed by atoms with Crippen LogP contribution in [0.4, 0.5) is 0 Å². The zero-order chi connectivity index (χ0) is 21.6. The van der Waals surface area contributed by atoms with Crippen molar-refractivity contribution in [1.82, 2.24) is 4.90 Å². The lowest BCUT2D eigenvalue weighted by molar-refractivity contribution is -0.142. The van der Waals surface area contributed by atoms with Gasteiger partial charge in [0.25, 0.3) is 0 Å². The van der Waals surface area contributed by atoms with Crippen molar-refractivity contribution in [3.63, 3.8) is 0 Å². The lowest BCUT2D eigenvalue weighted by Gasteiger charge is -2.33. The number of methoxy groups -OCH3 is 1. The molecule has 4 rings (SSSR count). The van der Waals surface area contributed by atoms with E-state index in [1.165, 1.54) is 0 Å². The monoisotopic (exact) mass is 417 g/mol. The molecule has 160 valence electrons. The summed E-state index contributed by atoms with van der Waals surface area (Å²) < 4.78 is 11.7. The first-order valence-corrected chi connectivity index (χ1v) is 10.6. The van der Waals surface area contributed by atoms with Crippen molar-refractivity contribution < 1.29 is 19.4 Å². The first kappa shape index (κ1) is 20.9. The molecule has 0 spiro atoms. The highest BCUT2D eigenvalue weighted by Crippen LogP contribution is 2.39. The Morgan fingerprint density at radius 2 is 1.84 bits per heavy atom. The van der Waals surface area contributed by atoms with Crippen LogP contribution in [0.2, 0.25) is 0 Å². The van der Waals surface area contributed by atoms with Crippen LogP contribution in [0.1, 0.15) is 35.6 Å². The van der Waals surface area contributed by atoms with Gasteiger partial charge in [0.2, 0.25) is 0 Å². The zero-order valence-electron chi connectivity index (χ0n) is 17.6. The summed E-state index contributed by atoms with van der Waals surface area (Å²) in [6, 6.07) is 25.0. The molecule has 0 amide bonds. The molecule has 0 saturated carbocycles. The fourth-order valence-corrected chi connectivity index (χ4v) is 4.32. The van der Waals surface area contributed by atoms with Gasteiger partial charge >= 0.3 is 5.97 Å². The van der Waals surface area contributed by atoms with Crippen LogP contribution in [0.5, 0.6) is 11.5 Å². The Labute approximate surface area is 182 Å². The van der Waals surface area contributed by atoms with Crippen LogP contribution >= 0.6 is 0 Å². The fourth-order valence-electron chi connectivity index (χ4n) is 4.32. The second-order valence-electron chi connectivity index (χ2n) is 7.73. The number of carboxylic acids is 1. The molecule has 0 aromatic heterocycles. The lowest BCUT2D eigenvalue weighted by Crippen LogP contribution is -2.39. The largest absolute Gasteiger partial charge is 0.496 e. The van der Waals surface area contributed by atoms with Gasteiger partial charge in [-0.1, -0.05) is 60.7 Å². The van der Waals surface area contributed by atoms with Gasteiger partial charge in [0.05, 0.1) is 13.2 Å². The van der Waals surface area contributed by atoms with Crippen LogP contribution in [-0.4, -0.2) is 35.7 Å². The molecule has 2 atom stereocenters. The van der Waals surface area contributed by atoms with E-state index in [0.717, 1.165) is 41.2 Å². The summed E-state index contributed by atoms with van der Waals surface area (Å²) in [7, 11) is 1.65. The number of benzene rings is 3. The summed E-state index contributed by atoms with van der Waals surface area (Å²) in [6.07, 6.45) is 1.50. The van der Waals surface area contributed by atoms with E-state index >= 15 is 0 Å². The highest BCUT2D eigenvalue weighted by Gasteiger charge is 2.37. The molecule has 5 heteroatoms. The van der Waals surface area contributed by atoms with Crippen molar-refractivity contribution >= 4 is 5.97 Å². The number of carboxylic acid groups (broad SMARTS) is 1. The van der Waals surface area contributed by atoms with Gasteiger partial charge in [-0.2, -0.15) is 0 Å². The Morgan fingerprint density at radius 1 is 1.06 bits per heavy atom. The Morgan fingerprint density at radius 3 is 2.61 bits per heavy atom. The standard InChI is InChI=1S/C26H27NO4/c1-30-24-15-6-5-13-22(24)25(27-16-8-14-23(27)26(28)29)20-11-7-12-21(17-20)31-18-19-9-3-2-4-10-19/h2-7,9-13,15,17,23,25H,8,14,16,18H2,1H3,(H,28,29). The van der Waals surface area contributed by atoms with Crippen molar-refractivity contribution in [2.45, 2.75) is 31.5 Å². The maximum absolute atomic E-state index is 12.0. The second-order valence-corrected chi connectivity index (χ2v) is 7.73. The first-order chi connectivity index (χ1) is 15.2. The molecule has 1 aliphatic rings. The van der Waals surface area contributed by atoms with Gasteiger partial charge in [-0.25, -0.2) is 0 Å². The third-order valence-electron chi connectivity index (χ3n) is 5.77. The number of aliphatic carboxylic acids is 1. The topological polar surface area (TPSA) is 59.0 Å². The van der Waals surface area contributed by atoms with Crippen molar-refractivity contribution in [3.05, 3.63) is 95.6 Å². The number of para-hydroxylation sites is 1. The van der Waals surface area contributed by atoms with Gasteiger partial charge in [-0.05, 0) is 42.2 Å². The smallest absolute Gasteiger partial charge is 0.320 e. The Balaban J connectivity index is 1.69. The zero-order valence-corrected chi connectivity index (χ0v) is 17.6. The quantitative estimate of drug-likeness (QED) is 0.564. The molecule has 0 aliphatic carbocycles. The minimum absolute atomic E-state index is 0.236. The number of hydrogen-bond acceptors (Lipinski definition) is 4. The van der Waals surface area contributed by atoms with Crippen LogP contribution in [-0.2, 0) is 11.4 Å². The summed E-state index contributed by atoms with van der Waals surface area (Å²) in [5.74, 6) is 0.723. The number of hydrogen-bond donors (Lipinski definition) is 1. The molecule has 1 saturated heterocycles. The second kappa shape index (κ2) is 9.67. The van der Waals surface area contributed by atoms with Gasteiger partial charge in [0.15, 0.2) is 0 Å². The van der Waals surface area contributed by atoms with E-state index in [2.05, 4.69) is 4.90 Å². The highest BCUT2D eigenvalue weighted by atomic mass is 16.5. The highest BCUT2D eigenvalue weighted by molar-refractivity contribution is 5.74. The molecule has 2 unspecified atom stereocenters. The minimum atomic E-state index is -0.783. The molecule has 0 radical (unpaired) electrons. The van der Waals surface area contributed by atoms with E-state index < -0.39 is 12.0 Å². The summed E-state index contributed by atoms with van der Waals surface area (Å²) in [5, 5.41) is 9.82. The third kappa shape index (κ3) is 4.72. The van der Waals surface area contributed by atoms with Crippen molar-refractivity contribution in [2.75, 3.05) is 13.7 Å². The van der Waals surface area contributed by atoms with Crippen molar-refractivity contribution in [2.24, 2.45) is 0 Å². The SMILES string of the molecule is COc1ccccc1C(c1cccc(OCc2ccccc2)c1)N1CCCC1C(=O)O. The van der Waals surface area contributed by atoms with Gasteiger partial charge in [0.1, 0.15) is 24.1 Å². The fraction of sp³-hybridized carbons (Fsp3) is 0.269. The van der Waals surface area contributed by atoms with E-state index in [1.807, 2.05) is 78.9 Å². The average molecular weight is 418 g/mol. The number of nitrogens with zero attached hydrogens (tertiary/aromatic N) is 1. The third-order valence-corrected chi connectivity index (χ3v) is 5.77. The van der Waals surface area contributed by atoms with Crippen LogP contribution in [0.15, 0.2) is 78.9 Å². The van der Waals surface area contributed by atoms with Crippen LogP contribution in [0.3, 0.4) is 0 Å². The van der Waals surface area contributed by atoms with E-state index in [-0.39, 0.29) is 6.04 Å². The summed E-state index contributed by atoms with van der Waals surface area (Å²) in [6.45, 7) is 1.19. The van der Waals surface area contributed by atoms with E-state index in [4.69, 9.17) is 9.47 Å². The lowest BCUT2D eigenvalue weighted by atomic mass is 9.95. The average Bonchev–Trinajstić information content (AvgIpc) is 3.29. The van der Waals surface area contributed by atoms with Gasteiger partial charge in [-0.3, -0.25) is 9.69 Å². The predicted octanol–water partition coefficient (Wildman–Crippen LogP) is 4.91. The molecule has 1 N–H and O–H groups in total. The molecular formula is C26H27NO4. The van der Waals surface area contributed by atoms with Gasteiger partial charge in [-0.15, -0.1) is 0 Å². The summed E-state index contributed by atoms with van der Waals surface area (Å²) in [5.41, 5.74) is 3.04. The summed E-state index contributed by atoms with van der Waals surface area (Å²) in [4.78, 5) is 14.0. The molecule has 1 fully saturated rings. The molecule has 1 aliphatic heterocycles. The predicted molar refractivity (Wildman–Crippen MR) is 119 cm³/mol. The minimum Gasteiger partial charge on any atom is -0.496 e. The number of likely N-dealkylation sites (tertiary alicyclic amines) is 1. The maximum atomic E-state index is 12.0. The van der Waals surface area contributed by atoms with Gasteiger partial charge < -0.3 is 14.6 Å². The Hall–Kier alpha value is -3.31. The molecular weight excluding hydrogens is 390 g/mol. The molecule has 0 bridgehead atoms. The van der Waals surface area contributed by atoms with Crippen LogP contribution < -0.4 is 9.47 Å². The normalized spacial score (nSPS) is 17.3. The van der Waals surface area contributed by atoms with Crippen LogP contribution in [0.25, 0.3) is 0 Å². The number of ether oxygens (including phenoxy) is 2. The molecule has 3 aromatic carbocycles. The van der Waals surface area contributed by atoms with Crippen molar-refractivity contribution in [3.8, 4) is 11.5 Å². The number of rotatable bonds is 8. The van der Waals surface area contributed by atoms with E-state index in [1.54, 1.807) is 7.11 Å². The summed E-state index contributed by atoms with van der Waals surface area (Å²) >= 11 is 0. The van der Waals surface area contributed by atoms with Crippen LogP contribution in [0, 0.1) is 0 Å². The van der Waals surface area contributed by atoms with E-state index in [0.29, 0.717) is 13.0 Å². The molecule has 5 nitrogen and oxygen atoms in total. The maximum Gasteiger partial charge on any atom is 0.320 e.